The van der Waals surface area contributed by atoms with Crippen molar-refractivity contribution in [2.24, 2.45) is 11.7 Å². The lowest BCUT2D eigenvalue weighted by atomic mass is 9.79. The zero-order valence-electron chi connectivity index (χ0n) is 13.4. The molecule has 0 radical (unpaired) electrons. The number of aliphatic hydroxyl groups is 5. The van der Waals surface area contributed by atoms with Crippen LogP contribution in [-0.4, -0.2) is 99.9 Å². The van der Waals surface area contributed by atoms with Crippen LogP contribution in [0.5, 0.6) is 0 Å². The average molecular weight is 407 g/mol. The van der Waals surface area contributed by atoms with Gasteiger partial charge in [0.05, 0.1) is 18.8 Å². The minimum Gasteiger partial charge on any atom is -0.477 e. The summed E-state index contributed by atoms with van der Waals surface area (Å²) in [5, 5.41) is 56.9. The fraction of sp³-hybridized carbons (Fsp3) is 0.818. The van der Waals surface area contributed by atoms with Crippen molar-refractivity contribution in [1.29, 1.82) is 0 Å². The fourth-order valence-electron chi connectivity index (χ4n) is 2.33. The van der Waals surface area contributed by atoms with E-state index >= 15 is 0 Å². The van der Waals surface area contributed by atoms with Crippen LogP contribution in [0.25, 0.3) is 0 Å². The smallest absolute Gasteiger partial charge is 0.466 e. The molecule has 11 N–H and O–H groups in total. The number of carboxylic acid groups (broad SMARTS) is 1. The summed E-state index contributed by atoms with van der Waals surface area (Å²) < 4.78 is 13.7. The van der Waals surface area contributed by atoms with Gasteiger partial charge in [-0.1, -0.05) is 0 Å². The Morgan fingerprint density at radius 1 is 1.27 bits per heavy atom. The molecule has 0 aromatic rings. The highest BCUT2D eigenvalue weighted by molar-refractivity contribution is 7.45. The normalized spacial score (nSPS) is 34.2. The number of Topliss-reactive ketones (excluding diaryl/α,β-unsaturated/α-hetero) is 1. The molecule has 0 saturated carbocycles. The summed E-state index contributed by atoms with van der Waals surface area (Å²) >= 11 is 0. The Morgan fingerprint density at radius 2 is 1.69 bits per heavy atom. The Balaban J connectivity index is 0.00000110. The first-order chi connectivity index (χ1) is 11.6. The molecule has 0 amide bonds. The maximum atomic E-state index is 11.5. The van der Waals surface area contributed by atoms with Crippen LogP contribution in [0.1, 0.15) is 6.92 Å². The van der Waals surface area contributed by atoms with E-state index in [0.29, 0.717) is 0 Å². The van der Waals surface area contributed by atoms with Crippen LogP contribution < -0.4 is 5.73 Å². The summed E-state index contributed by atoms with van der Waals surface area (Å²) in [5.74, 6) is -7.80. The Labute approximate surface area is 146 Å². The van der Waals surface area contributed by atoms with Gasteiger partial charge in [-0.05, 0) is 6.92 Å². The van der Waals surface area contributed by atoms with Crippen LogP contribution in [0, 0.1) is 5.92 Å². The van der Waals surface area contributed by atoms with Crippen molar-refractivity contribution in [1.82, 2.24) is 0 Å². The van der Waals surface area contributed by atoms with Gasteiger partial charge in [0, 0.05) is 0 Å². The number of aliphatic hydroxyl groups excluding tert-OH is 4. The molecule has 0 bridgehead atoms. The molecule has 15 heteroatoms. The Bertz CT molecular complexity index is 544. The number of ketones is 1. The zero-order valence-corrected chi connectivity index (χ0v) is 14.2. The van der Waals surface area contributed by atoms with Crippen LogP contribution in [0.2, 0.25) is 0 Å². The molecule has 1 aliphatic heterocycles. The third kappa shape index (κ3) is 6.29. The molecule has 14 nitrogen and oxygen atoms in total. The standard InChI is InChI=1S/C11H19NO9.H3O4P/c1-3(14)5-8(17)6(12)9(7(16)4(15)2-13)21-11(5,20)10(18)19;1-5(2,3)4/h4-9,13,15-17,20H,2,12H2,1H3,(H,18,19);(H3,1,2,3,4)/t4-,5?,6-,7-,8+,9-,11?;/m1./s1. The molecule has 154 valence electrons. The summed E-state index contributed by atoms with van der Waals surface area (Å²) in [5.41, 5.74) is 5.58. The van der Waals surface area contributed by atoms with E-state index in [1.54, 1.807) is 0 Å². The van der Waals surface area contributed by atoms with Crippen LogP contribution in [0.4, 0.5) is 0 Å². The Morgan fingerprint density at radius 3 is 2.00 bits per heavy atom. The predicted octanol–water partition coefficient (Wildman–Crippen LogP) is -5.16. The molecule has 1 fully saturated rings. The third-order valence-corrected chi connectivity index (χ3v) is 3.51. The lowest BCUT2D eigenvalue weighted by Gasteiger charge is -2.47. The van der Waals surface area contributed by atoms with Crippen LogP contribution in [0.15, 0.2) is 0 Å². The first kappa shape index (κ1) is 25.0. The third-order valence-electron chi connectivity index (χ3n) is 3.51. The Hall–Kier alpha value is -1.03. The van der Waals surface area contributed by atoms with E-state index in [9.17, 15) is 30.0 Å². The molecule has 26 heavy (non-hydrogen) atoms. The highest BCUT2D eigenvalue weighted by Gasteiger charge is 2.60. The van der Waals surface area contributed by atoms with E-state index in [0.717, 1.165) is 6.92 Å². The molecular weight excluding hydrogens is 385 g/mol. The van der Waals surface area contributed by atoms with Crippen LogP contribution >= 0.6 is 7.82 Å². The number of rotatable bonds is 5. The summed E-state index contributed by atoms with van der Waals surface area (Å²) in [7, 11) is -4.64. The molecule has 0 aromatic carbocycles. The van der Waals surface area contributed by atoms with Crippen molar-refractivity contribution in [2.75, 3.05) is 6.61 Å². The van der Waals surface area contributed by atoms with Gasteiger partial charge in [0.15, 0.2) is 0 Å². The van der Waals surface area contributed by atoms with Gasteiger partial charge in [0.2, 0.25) is 0 Å². The van der Waals surface area contributed by atoms with E-state index in [4.69, 9.17) is 39.9 Å². The maximum absolute atomic E-state index is 11.5. The van der Waals surface area contributed by atoms with Crippen molar-refractivity contribution in [2.45, 2.75) is 43.2 Å². The molecule has 1 rings (SSSR count). The quantitative estimate of drug-likeness (QED) is 0.191. The molecule has 1 heterocycles. The molecule has 1 saturated heterocycles. The number of aliphatic carboxylic acids is 1. The number of carboxylic acids is 1. The van der Waals surface area contributed by atoms with Crippen molar-refractivity contribution in [3.8, 4) is 0 Å². The summed E-state index contributed by atoms with van der Waals surface area (Å²) in [6.45, 7) is 0.0582. The van der Waals surface area contributed by atoms with E-state index in [1.165, 1.54) is 0 Å². The monoisotopic (exact) mass is 407 g/mol. The number of ether oxygens (including phenoxy) is 1. The largest absolute Gasteiger partial charge is 0.477 e. The number of hydrogen-bond acceptors (Lipinski definition) is 10. The first-order valence-electron chi connectivity index (χ1n) is 6.90. The summed E-state index contributed by atoms with van der Waals surface area (Å²) in [6, 6.07) is -1.46. The van der Waals surface area contributed by atoms with E-state index < -0.39 is 68.3 Å². The second-order valence-electron chi connectivity index (χ2n) is 5.49. The molecular formula is C11H22NO13P. The lowest BCUT2D eigenvalue weighted by molar-refractivity contribution is -0.311. The van der Waals surface area contributed by atoms with Crippen molar-refractivity contribution >= 4 is 19.6 Å². The second kappa shape index (κ2) is 9.25. The summed E-state index contributed by atoms with van der Waals surface area (Å²) in [6.07, 6.45) is -7.15. The molecule has 1 aliphatic rings. The number of carbonyl (C=O) groups excluding carboxylic acids is 1. The van der Waals surface area contributed by atoms with Gasteiger partial charge in [0.25, 0.3) is 5.79 Å². The molecule has 0 aromatic heterocycles. The van der Waals surface area contributed by atoms with E-state index in [2.05, 4.69) is 0 Å². The minimum absolute atomic E-state index is 0.876. The lowest BCUT2D eigenvalue weighted by Crippen LogP contribution is -2.71. The highest BCUT2D eigenvalue weighted by Crippen LogP contribution is 2.35. The molecule has 7 atom stereocenters. The van der Waals surface area contributed by atoms with Gasteiger partial charge in [0.1, 0.15) is 30.0 Å². The SMILES string of the molecule is CC(=O)C1[C@H](O)[C@@H](N)[C@H]([C@H](O)[C@H](O)CO)OC1(O)C(=O)O.O=P(O)(O)O. The van der Waals surface area contributed by atoms with E-state index in [-0.39, 0.29) is 0 Å². The minimum atomic E-state index is -4.64. The van der Waals surface area contributed by atoms with Gasteiger partial charge in [-0.25, -0.2) is 9.36 Å². The van der Waals surface area contributed by atoms with Crippen LogP contribution in [0.3, 0.4) is 0 Å². The van der Waals surface area contributed by atoms with Gasteiger partial charge in [-0.2, -0.15) is 0 Å². The van der Waals surface area contributed by atoms with Gasteiger partial charge >= 0.3 is 13.8 Å². The number of nitrogens with two attached hydrogens (primary N) is 1. The first-order valence-corrected chi connectivity index (χ1v) is 8.47. The summed E-state index contributed by atoms with van der Waals surface area (Å²) in [4.78, 5) is 44.2. The van der Waals surface area contributed by atoms with Crippen molar-refractivity contribution in [3.05, 3.63) is 0 Å². The van der Waals surface area contributed by atoms with Gasteiger partial charge < -0.3 is 55.8 Å². The Kier molecular flexibility index (Phi) is 8.89. The molecule has 0 spiro atoms. The molecule has 2 unspecified atom stereocenters. The number of hydrogen-bond donors (Lipinski definition) is 10. The number of phosphoric acid groups is 1. The maximum Gasteiger partial charge on any atom is 0.466 e. The average Bonchev–Trinajstić information content (AvgIpc) is 2.47. The van der Waals surface area contributed by atoms with Gasteiger partial charge in [-0.15, -0.1) is 0 Å². The fourth-order valence-corrected chi connectivity index (χ4v) is 2.33. The predicted molar refractivity (Wildman–Crippen MR) is 79.0 cm³/mol. The van der Waals surface area contributed by atoms with Crippen molar-refractivity contribution < 1.29 is 64.2 Å². The van der Waals surface area contributed by atoms with E-state index in [1.807, 2.05) is 0 Å². The van der Waals surface area contributed by atoms with Crippen LogP contribution in [-0.2, 0) is 18.9 Å². The van der Waals surface area contributed by atoms with Crippen molar-refractivity contribution in [3.63, 3.8) is 0 Å². The molecule has 0 aliphatic carbocycles. The van der Waals surface area contributed by atoms with Gasteiger partial charge in [-0.3, -0.25) is 4.79 Å². The second-order valence-corrected chi connectivity index (χ2v) is 6.52. The zero-order chi connectivity index (χ0) is 21.0. The highest BCUT2D eigenvalue weighted by atomic mass is 31.2. The topological polar surface area (TPSA) is 269 Å². The number of carbonyl (C=O) groups is 2.